The van der Waals surface area contributed by atoms with Gasteiger partial charge in [0, 0.05) is 12.8 Å². The number of aryl methyl sites for hydroxylation is 1. The molecule has 0 aliphatic carbocycles. The molecule has 0 saturated carbocycles. The third kappa shape index (κ3) is 4.91. The molecule has 0 bridgehead atoms. The van der Waals surface area contributed by atoms with Gasteiger partial charge in [-0.3, -0.25) is 0 Å². The lowest BCUT2D eigenvalue weighted by Gasteiger charge is -2.14. The normalized spacial score (nSPS) is 11.7. The summed E-state index contributed by atoms with van der Waals surface area (Å²) in [7, 11) is 0. The number of alkyl halides is 2. The maximum absolute atomic E-state index is 13.1. The highest BCUT2D eigenvalue weighted by Crippen LogP contribution is 2.26. The fourth-order valence-electron chi connectivity index (χ4n) is 1.69. The second-order valence-electron chi connectivity index (χ2n) is 3.95. The second kappa shape index (κ2) is 5.84. The lowest BCUT2D eigenvalue weighted by atomic mass is 10.0. The predicted molar refractivity (Wildman–Crippen MR) is 59.2 cm³/mol. The van der Waals surface area contributed by atoms with Gasteiger partial charge in [-0.25, -0.2) is 8.78 Å². The zero-order valence-corrected chi connectivity index (χ0v) is 9.18. The van der Waals surface area contributed by atoms with Crippen molar-refractivity contribution in [2.45, 2.75) is 45.0 Å². The lowest BCUT2D eigenvalue weighted by Crippen LogP contribution is -2.15. The van der Waals surface area contributed by atoms with Crippen LogP contribution in [0.4, 0.5) is 8.78 Å². The summed E-state index contributed by atoms with van der Waals surface area (Å²) >= 11 is 0. The van der Waals surface area contributed by atoms with Gasteiger partial charge in [-0.15, -0.1) is 0 Å². The van der Waals surface area contributed by atoms with Gasteiger partial charge in [0.25, 0.3) is 0 Å². The Labute approximate surface area is 90.3 Å². The lowest BCUT2D eigenvalue weighted by molar-refractivity contribution is -0.0183. The van der Waals surface area contributed by atoms with Crippen molar-refractivity contribution in [3.05, 3.63) is 35.9 Å². The van der Waals surface area contributed by atoms with E-state index in [2.05, 4.69) is 0 Å². The molecule has 84 valence electrons. The minimum Gasteiger partial charge on any atom is -0.207 e. The van der Waals surface area contributed by atoms with Crippen LogP contribution in [0.15, 0.2) is 30.3 Å². The summed E-state index contributed by atoms with van der Waals surface area (Å²) in [5.74, 6) is -2.47. The molecular weight excluding hydrogens is 194 g/mol. The first-order valence-electron chi connectivity index (χ1n) is 5.56. The standard InChI is InChI=1S/C13H18F2/c1-2-10-13(14,15)11-6-9-12-7-4-3-5-8-12/h3-5,7-8H,2,6,9-11H2,1H3. The van der Waals surface area contributed by atoms with Crippen molar-refractivity contribution in [1.82, 2.24) is 0 Å². The highest BCUT2D eigenvalue weighted by Gasteiger charge is 2.26. The van der Waals surface area contributed by atoms with E-state index in [1.54, 1.807) is 6.92 Å². The van der Waals surface area contributed by atoms with Crippen LogP contribution < -0.4 is 0 Å². The van der Waals surface area contributed by atoms with Crippen molar-refractivity contribution in [3.8, 4) is 0 Å². The summed E-state index contributed by atoms with van der Waals surface area (Å²) in [6.07, 6.45) is 1.90. The number of rotatable bonds is 6. The fraction of sp³-hybridized carbons (Fsp3) is 0.538. The Bertz CT molecular complexity index is 267. The van der Waals surface area contributed by atoms with E-state index in [0.29, 0.717) is 12.8 Å². The third-order valence-electron chi connectivity index (χ3n) is 2.47. The van der Waals surface area contributed by atoms with Gasteiger partial charge in [0.15, 0.2) is 0 Å². The fourth-order valence-corrected chi connectivity index (χ4v) is 1.69. The van der Waals surface area contributed by atoms with Crippen LogP contribution >= 0.6 is 0 Å². The zero-order chi connectivity index (χ0) is 11.1. The molecular formula is C13H18F2. The molecule has 0 spiro atoms. The summed E-state index contributed by atoms with van der Waals surface area (Å²) in [4.78, 5) is 0. The molecule has 1 aromatic rings. The van der Waals surface area contributed by atoms with Gasteiger partial charge < -0.3 is 0 Å². The average Bonchev–Trinajstić information content (AvgIpc) is 2.19. The van der Waals surface area contributed by atoms with Gasteiger partial charge in [0.1, 0.15) is 0 Å². The van der Waals surface area contributed by atoms with E-state index >= 15 is 0 Å². The molecule has 0 saturated heterocycles. The van der Waals surface area contributed by atoms with Crippen molar-refractivity contribution in [3.63, 3.8) is 0 Å². The van der Waals surface area contributed by atoms with Crippen LogP contribution in [-0.2, 0) is 6.42 Å². The summed E-state index contributed by atoms with van der Waals surface area (Å²) < 4.78 is 26.3. The van der Waals surface area contributed by atoms with E-state index in [4.69, 9.17) is 0 Å². The molecule has 0 N–H and O–H groups in total. The van der Waals surface area contributed by atoms with Gasteiger partial charge in [-0.05, 0) is 18.4 Å². The largest absolute Gasteiger partial charge is 0.248 e. The zero-order valence-electron chi connectivity index (χ0n) is 9.18. The third-order valence-corrected chi connectivity index (χ3v) is 2.47. The summed E-state index contributed by atoms with van der Waals surface area (Å²) in [5.41, 5.74) is 1.14. The molecule has 2 heteroatoms. The van der Waals surface area contributed by atoms with Crippen LogP contribution in [0.1, 0.15) is 38.2 Å². The molecule has 0 heterocycles. The van der Waals surface area contributed by atoms with Crippen molar-refractivity contribution < 1.29 is 8.78 Å². The van der Waals surface area contributed by atoms with E-state index in [-0.39, 0.29) is 12.8 Å². The van der Waals surface area contributed by atoms with E-state index in [0.717, 1.165) is 12.0 Å². The molecule has 0 radical (unpaired) electrons. The molecule has 0 fully saturated rings. The average molecular weight is 212 g/mol. The smallest absolute Gasteiger partial charge is 0.207 e. The van der Waals surface area contributed by atoms with E-state index in [9.17, 15) is 8.78 Å². The topological polar surface area (TPSA) is 0 Å². The maximum atomic E-state index is 13.1. The molecule has 0 aliphatic rings. The molecule has 1 aromatic carbocycles. The van der Waals surface area contributed by atoms with Crippen molar-refractivity contribution in [2.24, 2.45) is 0 Å². The van der Waals surface area contributed by atoms with Crippen LogP contribution in [0.3, 0.4) is 0 Å². The van der Waals surface area contributed by atoms with E-state index in [1.807, 2.05) is 30.3 Å². The molecule has 0 aromatic heterocycles. The van der Waals surface area contributed by atoms with Gasteiger partial charge >= 0.3 is 0 Å². The molecule has 0 amide bonds. The highest BCUT2D eigenvalue weighted by atomic mass is 19.3. The number of hydrogen-bond donors (Lipinski definition) is 0. The highest BCUT2D eigenvalue weighted by molar-refractivity contribution is 5.14. The van der Waals surface area contributed by atoms with Crippen LogP contribution in [-0.4, -0.2) is 5.92 Å². The quantitative estimate of drug-likeness (QED) is 0.653. The van der Waals surface area contributed by atoms with E-state index in [1.165, 1.54) is 0 Å². The van der Waals surface area contributed by atoms with Gasteiger partial charge in [0.2, 0.25) is 5.92 Å². The van der Waals surface area contributed by atoms with Gasteiger partial charge in [-0.1, -0.05) is 43.7 Å². The Morgan fingerprint density at radius 2 is 1.73 bits per heavy atom. The van der Waals surface area contributed by atoms with Crippen LogP contribution in [0.2, 0.25) is 0 Å². The molecule has 0 atom stereocenters. The molecule has 15 heavy (non-hydrogen) atoms. The van der Waals surface area contributed by atoms with Crippen LogP contribution in [0.25, 0.3) is 0 Å². The Morgan fingerprint density at radius 1 is 1.07 bits per heavy atom. The summed E-state index contributed by atoms with van der Waals surface area (Å²) in [6, 6.07) is 9.80. The first-order valence-corrected chi connectivity index (χ1v) is 5.56. The first kappa shape index (κ1) is 12.2. The first-order chi connectivity index (χ1) is 7.14. The van der Waals surface area contributed by atoms with Crippen LogP contribution in [0, 0.1) is 0 Å². The minimum atomic E-state index is -2.47. The Kier molecular flexibility index (Phi) is 4.73. The number of halogens is 2. The predicted octanol–water partition coefficient (Wildman–Crippen LogP) is 4.44. The van der Waals surface area contributed by atoms with Gasteiger partial charge in [-0.2, -0.15) is 0 Å². The van der Waals surface area contributed by atoms with Crippen molar-refractivity contribution in [1.29, 1.82) is 0 Å². The van der Waals surface area contributed by atoms with Crippen LogP contribution in [0.5, 0.6) is 0 Å². The second-order valence-corrected chi connectivity index (χ2v) is 3.95. The molecule has 0 nitrogen and oxygen atoms in total. The Hall–Kier alpha value is -0.920. The minimum absolute atomic E-state index is 0.00966. The monoisotopic (exact) mass is 212 g/mol. The molecule has 0 unspecified atom stereocenters. The van der Waals surface area contributed by atoms with E-state index < -0.39 is 5.92 Å². The van der Waals surface area contributed by atoms with Gasteiger partial charge in [0.05, 0.1) is 0 Å². The number of hydrogen-bond acceptors (Lipinski definition) is 0. The van der Waals surface area contributed by atoms with Crippen molar-refractivity contribution in [2.75, 3.05) is 0 Å². The molecule has 0 aliphatic heterocycles. The number of benzene rings is 1. The Balaban J connectivity index is 2.27. The maximum Gasteiger partial charge on any atom is 0.248 e. The van der Waals surface area contributed by atoms with Crippen molar-refractivity contribution >= 4 is 0 Å². The summed E-state index contributed by atoms with van der Waals surface area (Å²) in [6.45, 7) is 1.80. The SMILES string of the molecule is CCCC(F)(F)CCCc1ccccc1. The Morgan fingerprint density at radius 3 is 2.33 bits per heavy atom. The molecule has 1 rings (SSSR count). The summed E-state index contributed by atoms with van der Waals surface area (Å²) in [5, 5.41) is 0.